The van der Waals surface area contributed by atoms with Gasteiger partial charge in [-0.3, -0.25) is 0 Å². The maximum atomic E-state index is 5.56. The number of methoxy groups -OCH3 is 3. The van der Waals surface area contributed by atoms with Gasteiger partial charge in [0.2, 0.25) is 0 Å². The average molecular weight is 286 g/mol. The average Bonchev–Trinajstić information content (AvgIpc) is 2.54. The van der Waals surface area contributed by atoms with Crippen LogP contribution in [0.3, 0.4) is 0 Å². The van der Waals surface area contributed by atoms with Crippen molar-refractivity contribution in [2.24, 2.45) is 0 Å². The van der Waals surface area contributed by atoms with Crippen molar-refractivity contribution in [3.05, 3.63) is 54.3 Å². The van der Waals surface area contributed by atoms with Gasteiger partial charge in [-0.1, -0.05) is 6.07 Å². The van der Waals surface area contributed by atoms with E-state index in [1.807, 2.05) is 48.5 Å². The molecule has 0 fully saturated rings. The van der Waals surface area contributed by atoms with Crippen LogP contribution in [-0.2, 0) is 0 Å². The standard InChI is InChI=1S/C17H18O4/c1-18-14-5-4-6-15(11-14)21-8-7-13-9-16(19-2)12-17(10-13)20-3/h4-12H,1-3H3/b8-7+. The predicted molar refractivity (Wildman–Crippen MR) is 82.2 cm³/mol. The molecule has 4 nitrogen and oxygen atoms in total. The van der Waals surface area contributed by atoms with Crippen molar-refractivity contribution in [1.82, 2.24) is 0 Å². The van der Waals surface area contributed by atoms with Gasteiger partial charge in [-0.05, 0) is 35.9 Å². The molecule has 110 valence electrons. The first-order valence-corrected chi connectivity index (χ1v) is 6.45. The van der Waals surface area contributed by atoms with Crippen LogP contribution < -0.4 is 18.9 Å². The molecule has 0 radical (unpaired) electrons. The highest BCUT2D eigenvalue weighted by Gasteiger charge is 1.99. The van der Waals surface area contributed by atoms with Crippen LogP contribution in [0.1, 0.15) is 5.56 Å². The van der Waals surface area contributed by atoms with Crippen LogP contribution in [-0.4, -0.2) is 21.3 Å². The van der Waals surface area contributed by atoms with E-state index in [-0.39, 0.29) is 0 Å². The van der Waals surface area contributed by atoms with E-state index in [0.29, 0.717) is 5.75 Å². The molecule has 4 heteroatoms. The summed E-state index contributed by atoms with van der Waals surface area (Å²) in [7, 11) is 4.86. The van der Waals surface area contributed by atoms with Gasteiger partial charge in [0.05, 0.1) is 27.6 Å². The van der Waals surface area contributed by atoms with Crippen LogP contribution in [0.4, 0.5) is 0 Å². The van der Waals surface area contributed by atoms with Crippen LogP contribution >= 0.6 is 0 Å². The van der Waals surface area contributed by atoms with Gasteiger partial charge in [0, 0.05) is 12.1 Å². The third-order valence-electron chi connectivity index (χ3n) is 2.88. The fourth-order valence-corrected chi connectivity index (χ4v) is 1.79. The number of hydrogen-bond acceptors (Lipinski definition) is 4. The number of hydrogen-bond donors (Lipinski definition) is 0. The second-order valence-corrected chi connectivity index (χ2v) is 4.25. The van der Waals surface area contributed by atoms with Crippen molar-refractivity contribution in [3.63, 3.8) is 0 Å². The Balaban J connectivity index is 2.10. The molecule has 2 rings (SSSR count). The minimum atomic E-state index is 0.709. The highest BCUT2D eigenvalue weighted by Crippen LogP contribution is 2.24. The van der Waals surface area contributed by atoms with E-state index in [0.717, 1.165) is 22.8 Å². The van der Waals surface area contributed by atoms with Crippen LogP contribution in [0.25, 0.3) is 6.08 Å². The maximum Gasteiger partial charge on any atom is 0.130 e. The molecule has 0 aliphatic carbocycles. The molecule has 0 bridgehead atoms. The van der Waals surface area contributed by atoms with Gasteiger partial charge >= 0.3 is 0 Å². The van der Waals surface area contributed by atoms with E-state index < -0.39 is 0 Å². The molecule has 0 amide bonds. The molecule has 0 saturated heterocycles. The monoisotopic (exact) mass is 286 g/mol. The Bertz CT molecular complexity index is 598. The summed E-state index contributed by atoms with van der Waals surface area (Å²) in [5.41, 5.74) is 0.925. The van der Waals surface area contributed by atoms with Crippen molar-refractivity contribution < 1.29 is 18.9 Å². The first kappa shape index (κ1) is 14.8. The van der Waals surface area contributed by atoms with Gasteiger partial charge in [-0.2, -0.15) is 0 Å². The van der Waals surface area contributed by atoms with Crippen molar-refractivity contribution in [3.8, 4) is 23.0 Å². The lowest BCUT2D eigenvalue weighted by molar-refractivity contribution is 0.394. The van der Waals surface area contributed by atoms with Crippen molar-refractivity contribution in [2.75, 3.05) is 21.3 Å². The first-order chi connectivity index (χ1) is 10.2. The van der Waals surface area contributed by atoms with Crippen molar-refractivity contribution >= 4 is 6.08 Å². The van der Waals surface area contributed by atoms with Crippen molar-refractivity contribution in [1.29, 1.82) is 0 Å². The summed E-state index contributed by atoms with van der Waals surface area (Å²) in [6, 6.07) is 13.0. The fraction of sp³-hybridized carbons (Fsp3) is 0.176. The summed E-state index contributed by atoms with van der Waals surface area (Å²) in [4.78, 5) is 0. The minimum Gasteiger partial charge on any atom is -0.497 e. The minimum absolute atomic E-state index is 0.709. The second-order valence-electron chi connectivity index (χ2n) is 4.25. The molecule has 0 atom stereocenters. The van der Waals surface area contributed by atoms with Gasteiger partial charge in [0.15, 0.2) is 0 Å². The zero-order valence-corrected chi connectivity index (χ0v) is 12.3. The zero-order valence-electron chi connectivity index (χ0n) is 12.3. The summed E-state index contributed by atoms with van der Waals surface area (Å²) >= 11 is 0. The summed E-state index contributed by atoms with van der Waals surface area (Å²) in [5.74, 6) is 2.93. The normalized spacial score (nSPS) is 10.4. The third-order valence-corrected chi connectivity index (χ3v) is 2.88. The Morgan fingerprint density at radius 1 is 0.714 bits per heavy atom. The SMILES string of the molecule is COc1cc(/C=C/Oc2cccc(OC)c2)cc(OC)c1. The van der Waals surface area contributed by atoms with Gasteiger partial charge in [0.1, 0.15) is 23.0 Å². The third kappa shape index (κ3) is 4.18. The van der Waals surface area contributed by atoms with E-state index in [1.54, 1.807) is 27.6 Å². The van der Waals surface area contributed by atoms with Crippen LogP contribution in [0.2, 0.25) is 0 Å². The number of ether oxygens (including phenoxy) is 4. The summed E-state index contributed by atoms with van der Waals surface area (Å²) in [6.45, 7) is 0. The molecule has 21 heavy (non-hydrogen) atoms. The lowest BCUT2D eigenvalue weighted by Crippen LogP contribution is -1.89. The van der Waals surface area contributed by atoms with E-state index in [4.69, 9.17) is 18.9 Å². The molecule has 0 aliphatic rings. The van der Waals surface area contributed by atoms with Crippen LogP contribution in [0.5, 0.6) is 23.0 Å². The Labute approximate surface area is 124 Å². The number of benzene rings is 2. The van der Waals surface area contributed by atoms with Crippen LogP contribution in [0, 0.1) is 0 Å². The molecule has 0 aliphatic heterocycles. The first-order valence-electron chi connectivity index (χ1n) is 6.45. The van der Waals surface area contributed by atoms with E-state index in [1.165, 1.54) is 0 Å². The summed E-state index contributed by atoms with van der Waals surface area (Å²) in [6.07, 6.45) is 3.45. The molecule has 0 unspecified atom stereocenters. The largest absolute Gasteiger partial charge is 0.497 e. The predicted octanol–water partition coefficient (Wildman–Crippen LogP) is 3.76. The maximum absolute atomic E-state index is 5.56. The quantitative estimate of drug-likeness (QED) is 0.758. The van der Waals surface area contributed by atoms with E-state index >= 15 is 0 Å². The fourth-order valence-electron chi connectivity index (χ4n) is 1.79. The van der Waals surface area contributed by atoms with E-state index in [2.05, 4.69) is 0 Å². The Hall–Kier alpha value is -2.62. The summed E-state index contributed by atoms with van der Waals surface area (Å²) in [5, 5.41) is 0. The molecular weight excluding hydrogens is 268 g/mol. The Kier molecular flexibility index (Phi) is 5.10. The van der Waals surface area contributed by atoms with Gasteiger partial charge in [0.25, 0.3) is 0 Å². The van der Waals surface area contributed by atoms with Gasteiger partial charge in [-0.25, -0.2) is 0 Å². The second kappa shape index (κ2) is 7.24. The molecular formula is C17H18O4. The molecule has 0 saturated carbocycles. The van der Waals surface area contributed by atoms with E-state index in [9.17, 15) is 0 Å². The Morgan fingerprint density at radius 3 is 1.90 bits per heavy atom. The molecule has 0 aromatic heterocycles. The highest BCUT2D eigenvalue weighted by atomic mass is 16.5. The lowest BCUT2D eigenvalue weighted by atomic mass is 10.2. The van der Waals surface area contributed by atoms with Gasteiger partial charge < -0.3 is 18.9 Å². The Morgan fingerprint density at radius 2 is 1.29 bits per heavy atom. The number of rotatable bonds is 6. The summed E-state index contributed by atoms with van der Waals surface area (Å²) < 4.78 is 21.1. The molecule has 2 aromatic carbocycles. The van der Waals surface area contributed by atoms with Gasteiger partial charge in [-0.15, -0.1) is 0 Å². The topological polar surface area (TPSA) is 36.9 Å². The highest BCUT2D eigenvalue weighted by molar-refractivity contribution is 5.55. The smallest absolute Gasteiger partial charge is 0.130 e. The lowest BCUT2D eigenvalue weighted by Gasteiger charge is -2.06. The molecule has 0 spiro atoms. The zero-order chi connectivity index (χ0) is 15.1. The molecule has 2 aromatic rings. The molecule has 0 heterocycles. The van der Waals surface area contributed by atoms with Crippen LogP contribution in [0.15, 0.2) is 48.7 Å². The molecule has 0 N–H and O–H groups in total. The van der Waals surface area contributed by atoms with Crippen molar-refractivity contribution in [2.45, 2.75) is 0 Å².